The van der Waals surface area contributed by atoms with Crippen LogP contribution in [-0.4, -0.2) is 49.4 Å². The highest BCUT2D eigenvalue weighted by Gasteiger charge is 2.21. The molecule has 1 saturated heterocycles. The van der Waals surface area contributed by atoms with E-state index in [2.05, 4.69) is 20.8 Å². The molecule has 148 valence electrons. The lowest BCUT2D eigenvalue weighted by Gasteiger charge is -2.09. The van der Waals surface area contributed by atoms with Crippen LogP contribution in [0, 0.1) is 0 Å². The van der Waals surface area contributed by atoms with Gasteiger partial charge in [0.05, 0.1) is 20.3 Å². The van der Waals surface area contributed by atoms with Gasteiger partial charge in [-0.15, -0.1) is 12.4 Å². The number of methoxy groups -OCH3 is 2. The second-order valence-corrected chi connectivity index (χ2v) is 6.16. The second kappa shape index (κ2) is 10.1. The van der Waals surface area contributed by atoms with Gasteiger partial charge in [-0.2, -0.15) is 4.98 Å². The summed E-state index contributed by atoms with van der Waals surface area (Å²) in [6.45, 7) is 1.39. The highest BCUT2D eigenvalue weighted by atomic mass is 35.5. The molecule has 1 aliphatic rings. The Balaban J connectivity index is 0.00000261. The molecule has 1 atom stereocenters. The molecule has 1 amide bonds. The number of rotatable bonds is 8. The van der Waals surface area contributed by atoms with E-state index in [1.165, 1.54) is 0 Å². The van der Waals surface area contributed by atoms with Crippen molar-refractivity contribution in [3.63, 3.8) is 0 Å². The molecule has 3 rings (SSSR count). The molecule has 2 N–H and O–H groups in total. The Bertz CT molecular complexity index is 747. The summed E-state index contributed by atoms with van der Waals surface area (Å²) in [5.74, 6) is 2.48. The molecule has 9 heteroatoms. The molecule has 27 heavy (non-hydrogen) atoms. The fourth-order valence-electron chi connectivity index (χ4n) is 2.96. The predicted octanol–water partition coefficient (Wildman–Crippen LogP) is 1.51. The monoisotopic (exact) mass is 396 g/mol. The van der Waals surface area contributed by atoms with E-state index in [0.29, 0.717) is 42.6 Å². The quantitative estimate of drug-likeness (QED) is 0.697. The van der Waals surface area contributed by atoms with E-state index in [-0.39, 0.29) is 24.4 Å². The number of aromatic nitrogens is 2. The van der Waals surface area contributed by atoms with Crippen LogP contribution < -0.4 is 20.1 Å². The van der Waals surface area contributed by atoms with Gasteiger partial charge in [-0.05, 0) is 37.1 Å². The van der Waals surface area contributed by atoms with Crippen LogP contribution in [0.4, 0.5) is 0 Å². The van der Waals surface area contributed by atoms with E-state index in [9.17, 15) is 4.79 Å². The normalized spacial score (nSPS) is 15.9. The summed E-state index contributed by atoms with van der Waals surface area (Å²) in [4.78, 5) is 16.3. The number of halogens is 1. The summed E-state index contributed by atoms with van der Waals surface area (Å²) in [5.41, 5.74) is 0.996. The van der Waals surface area contributed by atoms with Crippen LogP contribution in [0.3, 0.4) is 0 Å². The van der Waals surface area contributed by atoms with Gasteiger partial charge in [0.25, 0.3) is 0 Å². The summed E-state index contributed by atoms with van der Waals surface area (Å²) >= 11 is 0. The van der Waals surface area contributed by atoms with Crippen LogP contribution in [0.25, 0.3) is 0 Å². The first kappa shape index (κ1) is 21.0. The third-order valence-electron chi connectivity index (χ3n) is 4.34. The molecule has 1 aliphatic heterocycles. The largest absolute Gasteiger partial charge is 0.493 e. The lowest BCUT2D eigenvalue weighted by Crippen LogP contribution is -2.41. The summed E-state index contributed by atoms with van der Waals surface area (Å²) in [6, 6.07) is 5.61. The van der Waals surface area contributed by atoms with Gasteiger partial charge < -0.3 is 24.6 Å². The molecular formula is C18H25ClN4O4. The number of hydrogen-bond acceptors (Lipinski definition) is 7. The lowest BCUT2D eigenvalue weighted by atomic mass is 10.1. The van der Waals surface area contributed by atoms with Crippen LogP contribution in [0.1, 0.15) is 30.1 Å². The van der Waals surface area contributed by atoms with Crippen molar-refractivity contribution >= 4 is 18.3 Å². The number of carbonyl (C=O) groups excluding carboxylic acids is 1. The van der Waals surface area contributed by atoms with E-state index in [0.717, 1.165) is 24.9 Å². The topological polar surface area (TPSA) is 98.5 Å². The molecule has 2 aromatic rings. The van der Waals surface area contributed by atoms with Crippen molar-refractivity contribution in [1.29, 1.82) is 0 Å². The Labute approximate surface area is 164 Å². The van der Waals surface area contributed by atoms with Gasteiger partial charge >= 0.3 is 0 Å². The smallest absolute Gasteiger partial charge is 0.237 e. The molecule has 0 saturated carbocycles. The molecule has 2 heterocycles. The number of nitrogens with one attached hydrogen (secondary N) is 2. The molecule has 1 aromatic heterocycles. The molecule has 1 fully saturated rings. The van der Waals surface area contributed by atoms with Gasteiger partial charge in [0.15, 0.2) is 17.3 Å². The van der Waals surface area contributed by atoms with E-state index >= 15 is 0 Å². The maximum atomic E-state index is 11.9. The highest BCUT2D eigenvalue weighted by Crippen LogP contribution is 2.28. The Morgan fingerprint density at radius 2 is 2.15 bits per heavy atom. The van der Waals surface area contributed by atoms with Crippen LogP contribution in [-0.2, 0) is 17.6 Å². The minimum atomic E-state index is -0.0710. The molecule has 0 bridgehead atoms. The fourth-order valence-corrected chi connectivity index (χ4v) is 2.96. The number of benzene rings is 1. The summed E-state index contributed by atoms with van der Waals surface area (Å²) < 4.78 is 15.8. The number of nitrogens with zero attached hydrogens (tertiary/aromatic N) is 2. The molecule has 8 nitrogen and oxygen atoms in total. The first-order valence-corrected chi connectivity index (χ1v) is 8.73. The third-order valence-corrected chi connectivity index (χ3v) is 4.34. The minimum absolute atomic E-state index is 0. The van der Waals surface area contributed by atoms with Crippen LogP contribution in [0.15, 0.2) is 22.7 Å². The number of ether oxygens (including phenoxy) is 2. The van der Waals surface area contributed by atoms with Crippen LogP contribution >= 0.6 is 12.4 Å². The zero-order valence-electron chi connectivity index (χ0n) is 15.5. The standard InChI is InChI=1S/C18H24N4O4.ClH/c1-24-14-6-5-12(10-15(14)25-2)11-16-21-17(26-22-16)7-9-20-18(23)13-4-3-8-19-13;/h5-6,10,13,19H,3-4,7-9,11H2,1-2H3,(H,20,23);1H. The average Bonchev–Trinajstić information content (AvgIpc) is 3.34. The van der Waals surface area contributed by atoms with Crippen LogP contribution in [0.5, 0.6) is 11.5 Å². The third kappa shape index (κ3) is 5.58. The SMILES string of the molecule is COc1ccc(Cc2noc(CCNC(=O)C3CCCN3)n2)cc1OC.Cl. The van der Waals surface area contributed by atoms with Gasteiger partial charge in [0.2, 0.25) is 11.8 Å². The number of carbonyl (C=O) groups is 1. The molecular weight excluding hydrogens is 372 g/mol. The predicted molar refractivity (Wildman–Crippen MR) is 102 cm³/mol. The maximum Gasteiger partial charge on any atom is 0.237 e. The first-order chi connectivity index (χ1) is 12.7. The van der Waals surface area contributed by atoms with Crippen LogP contribution in [0.2, 0.25) is 0 Å². The lowest BCUT2D eigenvalue weighted by molar-refractivity contribution is -0.122. The summed E-state index contributed by atoms with van der Waals surface area (Å²) in [7, 11) is 3.20. The number of hydrogen-bond donors (Lipinski definition) is 2. The van der Waals surface area contributed by atoms with Crippen molar-refractivity contribution in [2.24, 2.45) is 0 Å². The van der Waals surface area contributed by atoms with Crippen molar-refractivity contribution in [1.82, 2.24) is 20.8 Å². The van der Waals surface area contributed by atoms with Crippen molar-refractivity contribution in [3.05, 3.63) is 35.5 Å². The summed E-state index contributed by atoms with van der Waals surface area (Å²) in [5, 5.41) is 10.1. The van der Waals surface area contributed by atoms with Gasteiger partial charge in [0, 0.05) is 19.4 Å². The van der Waals surface area contributed by atoms with E-state index in [1.807, 2.05) is 18.2 Å². The van der Waals surface area contributed by atoms with Gasteiger partial charge in [0.1, 0.15) is 0 Å². The van der Waals surface area contributed by atoms with Crippen molar-refractivity contribution < 1.29 is 18.8 Å². The Hall–Kier alpha value is -2.32. The van der Waals surface area contributed by atoms with E-state index in [4.69, 9.17) is 14.0 Å². The maximum absolute atomic E-state index is 11.9. The zero-order chi connectivity index (χ0) is 18.4. The van der Waals surface area contributed by atoms with Crippen molar-refractivity contribution in [2.45, 2.75) is 31.7 Å². The van der Waals surface area contributed by atoms with E-state index in [1.54, 1.807) is 14.2 Å². The zero-order valence-corrected chi connectivity index (χ0v) is 16.3. The highest BCUT2D eigenvalue weighted by molar-refractivity contribution is 5.85. The molecule has 0 spiro atoms. The van der Waals surface area contributed by atoms with Gasteiger partial charge in [-0.1, -0.05) is 11.2 Å². The first-order valence-electron chi connectivity index (χ1n) is 8.73. The second-order valence-electron chi connectivity index (χ2n) is 6.16. The Morgan fingerprint density at radius 3 is 2.85 bits per heavy atom. The average molecular weight is 397 g/mol. The molecule has 1 aromatic carbocycles. The molecule has 0 aliphatic carbocycles. The number of amides is 1. The fraction of sp³-hybridized carbons (Fsp3) is 0.500. The van der Waals surface area contributed by atoms with Crippen molar-refractivity contribution in [2.75, 3.05) is 27.3 Å². The molecule has 0 radical (unpaired) electrons. The Morgan fingerprint density at radius 1 is 1.33 bits per heavy atom. The Kier molecular flexibility index (Phi) is 7.87. The minimum Gasteiger partial charge on any atom is -0.493 e. The van der Waals surface area contributed by atoms with Gasteiger partial charge in [-0.25, -0.2) is 0 Å². The van der Waals surface area contributed by atoms with Crippen molar-refractivity contribution in [3.8, 4) is 11.5 Å². The van der Waals surface area contributed by atoms with E-state index < -0.39 is 0 Å². The molecule has 1 unspecified atom stereocenters. The summed E-state index contributed by atoms with van der Waals surface area (Å²) in [6.07, 6.45) is 2.97. The van der Waals surface area contributed by atoms with Gasteiger partial charge in [-0.3, -0.25) is 4.79 Å².